The van der Waals surface area contributed by atoms with E-state index in [1.807, 2.05) is 78.9 Å². The Morgan fingerprint density at radius 3 is 1.22 bits per heavy atom. The first-order valence-corrected chi connectivity index (χ1v) is 21.5. The van der Waals surface area contributed by atoms with E-state index in [1.54, 1.807) is 0 Å². The Hall–Kier alpha value is -4.07. The Kier molecular flexibility index (Phi) is 12.0. The number of rotatable bonds is 14. The van der Waals surface area contributed by atoms with Gasteiger partial charge in [-0.2, -0.15) is 0 Å². The van der Waals surface area contributed by atoms with Crippen molar-refractivity contribution in [2.45, 2.75) is 69.9 Å². The van der Waals surface area contributed by atoms with Crippen molar-refractivity contribution in [1.29, 1.82) is 0 Å². The minimum atomic E-state index is -3.05. The lowest BCUT2D eigenvalue weighted by Gasteiger charge is -2.46. The number of hydrogen-bond donors (Lipinski definition) is 1. The second-order valence-corrected chi connectivity index (χ2v) is 23.9. The molecule has 0 unspecified atom stereocenters. The number of aliphatic hydroxyl groups is 1. The van der Waals surface area contributed by atoms with E-state index in [4.69, 9.17) is 20.0 Å². The van der Waals surface area contributed by atoms with Gasteiger partial charge in [0.05, 0.1) is 19.8 Å². The Morgan fingerprint density at radius 1 is 0.549 bits per heavy atom. The third-order valence-electron chi connectivity index (χ3n) is 9.87. The highest BCUT2D eigenvalue weighted by Crippen LogP contribution is 2.39. The van der Waals surface area contributed by atoms with E-state index >= 15 is 0 Å². The monoisotopic (exact) mass is 712 g/mol. The molecule has 6 heteroatoms. The second-order valence-electron chi connectivity index (χ2n) is 15.3. The van der Waals surface area contributed by atoms with Crippen LogP contribution in [0, 0.1) is 12.3 Å². The summed E-state index contributed by atoms with van der Waals surface area (Å²) in [7, 11) is -6.04. The predicted octanol–water partition coefficient (Wildman–Crippen LogP) is 7.09. The van der Waals surface area contributed by atoms with Crippen molar-refractivity contribution < 1.29 is 18.7 Å². The standard InChI is InChI=1S/C45H52O4Si2/c1-8-45(46,36-49-51(44(5,6)7,40-30-20-12-21-31-40)41-32-22-13-23-33-41)42(47-34-37-24-14-9-15-25-37)35-48-50(43(2,3)4,38-26-16-10-17-27-38)39-28-18-11-19-29-39/h1,9-33,42,46H,34-36H2,2-7H3/t42-,45+/m0/s1. The average molecular weight is 713 g/mol. The summed E-state index contributed by atoms with van der Waals surface area (Å²) in [4.78, 5) is 0. The molecule has 0 saturated carbocycles. The van der Waals surface area contributed by atoms with E-state index in [9.17, 15) is 5.11 Å². The third kappa shape index (κ3) is 8.05. The van der Waals surface area contributed by atoms with Gasteiger partial charge < -0.3 is 18.7 Å². The van der Waals surface area contributed by atoms with Crippen LogP contribution in [0.5, 0.6) is 0 Å². The van der Waals surface area contributed by atoms with Crippen molar-refractivity contribution >= 4 is 37.4 Å². The number of terminal acetylenes is 1. The van der Waals surface area contributed by atoms with Crippen LogP contribution in [-0.2, 0) is 20.2 Å². The summed E-state index contributed by atoms with van der Waals surface area (Å²) in [5.74, 6) is 2.76. The van der Waals surface area contributed by atoms with Gasteiger partial charge in [0.2, 0.25) is 0 Å². The molecule has 0 amide bonds. The highest BCUT2D eigenvalue weighted by atomic mass is 28.4. The Bertz CT molecular complexity index is 1750. The molecule has 0 spiro atoms. The quantitative estimate of drug-likeness (QED) is 0.0988. The van der Waals surface area contributed by atoms with Gasteiger partial charge in [-0.05, 0) is 36.4 Å². The molecule has 1 N–H and O–H groups in total. The lowest BCUT2D eigenvalue weighted by Crippen LogP contribution is -2.69. The maximum Gasteiger partial charge on any atom is 0.261 e. The average Bonchev–Trinajstić information content (AvgIpc) is 3.14. The van der Waals surface area contributed by atoms with Crippen LogP contribution in [0.4, 0.5) is 0 Å². The molecule has 5 rings (SSSR count). The van der Waals surface area contributed by atoms with Crippen LogP contribution in [0.3, 0.4) is 0 Å². The fraction of sp³-hybridized carbons (Fsp3) is 0.289. The highest BCUT2D eigenvalue weighted by Gasteiger charge is 2.54. The molecule has 0 fully saturated rings. The van der Waals surface area contributed by atoms with E-state index in [2.05, 4.69) is 120 Å². The maximum absolute atomic E-state index is 12.7. The van der Waals surface area contributed by atoms with Gasteiger partial charge in [-0.3, -0.25) is 0 Å². The van der Waals surface area contributed by atoms with Crippen molar-refractivity contribution in [2.24, 2.45) is 0 Å². The van der Waals surface area contributed by atoms with E-state index in [0.717, 1.165) is 26.3 Å². The zero-order valence-electron chi connectivity index (χ0n) is 30.9. The first-order chi connectivity index (χ1) is 24.4. The van der Waals surface area contributed by atoms with Crippen molar-refractivity contribution in [3.05, 3.63) is 157 Å². The van der Waals surface area contributed by atoms with E-state index in [1.165, 1.54) is 0 Å². The SMILES string of the molecule is C#C[C@@](O)(CO[Si](c1ccccc1)(c1ccccc1)C(C)(C)C)[C@H](CO[Si](c1ccccc1)(c1ccccc1)C(C)(C)C)OCc1ccccc1. The van der Waals surface area contributed by atoms with Crippen LogP contribution in [0.15, 0.2) is 152 Å². The van der Waals surface area contributed by atoms with Crippen molar-refractivity contribution in [2.75, 3.05) is 13.2 Å². The minimum absolute atomic E-state index is 0.0604. The molecule has 0 aromatic heterocycles. The molecular weight excluding hydrogens is 661 g/mol. The van der Waals surface area contributed by atoms with Crippen molar-refractivity contribution in [3.63, 3.8) is 0 Å². The van der Waals surface area contributed by atoms with Crippen molar-refractivity contribution in [1.82, 2.24) is 0 Å². The minimum Gasteiger partial charge on any atom is -0.405 e. The van der Waals surface area contributed by atoms with Gasteiger partial charge >= 0.3 is 0 Å². The molecule has 0 saturated heterocycles. The van der Waals surface area contributed by atoms with Crippen LogP contribution in [0.2, 0.25) is 10.1 Å². The largest absolute Gasteiger partial charge is 0.405 e. The van der Waals surface area contributed by atoms with Crippen LogP contribution >= 0.6 is 0 Å². The first kappa shape index (κ1) is 38.2. The molecule has 0 aliphatic carbocycles. The smallest absolute Gasteiger partial charge is 0.261 e. The summed E-state index contributed by atoms with van der Waals surface area (Å²) in [6.07, 6.45) is 5.44. The lowest BCUT2D eigenvalue weighted by molar-refractivity contribution is -0.116. The molecule has 0 aliphatic heterocycles. The summed E-state index contributed by atoms with van der Waals surface area (Å²) in [6.45, 7) is 13.5. The van der Waals surface area contributed by atoms with Gasteiger partial charge in [0, 0.05) is 0 Å². The molecule has 5 aromatic carbocycles. The topological polar surface area (TPSA) is 47.9 Å². The summed E-state index contributed by atoms with van der Waals surface area (Å²) < 4.78 is 21.3. The summed E-state index contributed by atoms with van der Waals surface area (Å²) in [6, 6.07) is 51.6. The number of benzene rings is 5. The molecule has 4 nitrogen and oxygen atoms in total. The Labute approximate surface area is 307 Å². The summed E-state index contributed by atoms with van der Waals surface area (Å²) in [5.41, 5.74) is -0.854. The molecule has 0 radical (unpaired) electrons. The normalized spacial score (nSPS) is 14.3. The Morgan fingerprint density at radius 2 is 0.882 bits per heavy atom. The predicted molar refractivity (Wildman–Crippen MR) is 216 cm³/mol. The Balaban J connectivity index is 1.59. The van der Waals surface area contributed by atoms with E-state index in [0.29, 0.717) is 0 Å². The maximum atomic E-state index is 12.7. The molecular formula is C45H52O4Si2. The first-order valence-electron chi connectivity index (χ1n) is 17.7. The fourth-order valence-corrected chi connectivity index (χ4v) is 16.4. The molecule has 0 bridgehead atoms. The number of hydrogen-bond acceptors (Lipinski definition) is 4. The van der Waals surface area contributed by atoms with E-state index in [-0.39, 0.29) is 29.9 Å². The van der Waals surface area contributed by atoms with E-state index < -0.39 is 28.3 Å². The van der Waals surface area contributed by atoms with Crippen LogP contribution in [0.1, 0.15) is 47.1 Å². The zero-order valence-corrected chi connectivity index (χ0v) is 32.9. The molecule has 2 atom stereocenters. The van der Waals surface area contributed by atoms with Gasteiger partial charge in [0.15, 0.2) is 5.60 Å². The molecule has 5 aromatic rings. The van der Waals surface area contributed by atoms with Gasteiger partial charge in [0.1, 0.15) is 6.10 Å². The van der Waals surface area contributed by atoms with Gasteiger partial charge in [0.25, 0.3) is 16.6 Å². The fourth-order valence-electron chi connectivity index (χ4n) is 7.26. The third-order valence-corrected chi connectivity index (χ3v) is 19.9. The highest BCUT2D eigenvalue weighted by molar-refractivity contribution is 7.00. The number of ether oxygens (including phenoxy) is 1. The van der Waals surface area contributed by atoms with Gasteiger partial charge in [-0.25, -0.2) is 0 Å². The van der Waals surface area contributed by atoms with Crippen molar-refractivity contribution in [3.8, 4) is 12.3 Å². The lowest BCUT2D eigenvalue weighted by atomic mass is 9.99. The summed E-state index contributed by atoms with van der Waals surface area (Å²) >= 11 is 0. The molecule has 0 heterocycles. The zero-order chi connectivity index (χ0) is 36.6. The molecule has 264 valence electrons. The molecule has 0 aliphatic rings. The second kappa shape index (κ2) is 16.1. The van der Waals surface area contributed by atoms with Crippen LogP contribution in [-0.4, -0.2) is 46.7 Å². The summed E-state index contributed by atoms with van der Waals surface area (Å²) in [5, 5.41) is 16.6. The van der Waals surface area contributed by atoms with Gasteiger partial charge in [-0.15, -0.1) is 6.42 Å². The van der Waals surface area contributed by atoms with Crippen LogP contribution in [0.25, 0.3) is 0 Å². The van der Waals surface area contributed by atoms with Crippen LogP contribution < -0.4 is 20.7 Å². The molecule has 51 heavy (non-hydrogen) atoms. The van der Waals surface area contributed by atoms with Gasteiger partial charge in [-0.1, -0.05) is 199 Å².